The zero-order valence-corrected chi connectivity index (χ0v) is 11.4. The number of pyridine rings is 1. The van der Waals surface area contributed by atoms with Crippen LogP contribution in [0, 0.1) is 0 Å². The summed E-state index contributed by atoms with van der Waals surface area (Å²) in [6.45, 7) is 7.57. The Balaban J connectivity index is 1.77. The Morgan fingerprint density at radius 1 is 1.33 bits per heavy atom. The molecule has 4 nitrogen and oxygen atoms in total. The quantitative estimate of drug-likeness (QED) is 0.724. The number of rotatable bonds is 6. The summed E-state index contributed by atoms with van der Waals surface area (Å²) in [5, 5.41) is 0. The Bertz CT molecular complexity index is 359. The number of methoxy groups -OCH3 is 1. The third-order valence-electron chi connectivity index (χ3n) is 3.22. The van der Waals surface area contributed by atoms with Gasteiger partial charge in [-0.2, -0.15) is 0 Å². The van der Waals surface area contributed by atoms with Gasteiger partial charge >= 0.3 is 0 Å². The Kier molecular flexibility index (Phi) is 4.55. The SMILES string of the molecule is COCCOC1CN(c2ccc(C(C)C)nc2)C1. The van der Waals surface area contributed by atoms with E-state index in [-0.39, 0.29) is 0 Å². The second-order valence-corrected chi connectivity index (χ2v) is 4.99. The minimum absolute atomic E-state index is 0.338. The van der Waals surface area contributed by atoms with Crippen molar-refractivity contribution in [3.05, 3.63) is 24.0 Å². The van der Waals surface area contributed by atoms with Crippen molar-refractivity contribution in [3.63, 3.8) is 0 Å². The third-order valence-corrected chi connectivity index (χ3v) is 3.22. The fourth-order valence-corrected chi connectivity index (χ4v) is 1.98. The van der Waals surface area contributed by atoms with Crippen LogP contribution < -0.4 is 4.90 Å². The van der Waals surface area contributed by atoms with Crippen LogP contribution in [-0.2, 0) is 9.47 Å². The lowest BCUT2D eigenvalue weighted by atomic mass is 10.1. The molecule has 0 atom stereocenters. The molecule has 1 aromatic rings. The van der Waals surface area contributed by atoms with Crippen molar-refractivity contribution in [2.24, 2.45) is 0 Å². The summed E-state index contributed by atoms with van der Waals surface area (Å²) < 4.78 is 10.6. The fraction of sp³-hybridized carbons (Fsp3) is 0.643. The van der Waals surface area contributed by atoms with E-state index in [1.54, 1.807) is 7.11 Å². The van der Waals surface area contributed by atoms with Crippen molar-refractivity contribution < 1.29 is 9.47 Å². The van der Waals surface area contributed by atoms with Gasteiger partial charge in [0.25, 0.3) is 0 Å². The van der Waals surface area contributed by atoms with Crippen molar-refractivity contribution in [2.75, 3.05) is 38.3 Å². The monoisotopic (exact) mass is 250 g/mol. The second-order valence-electron chi connectivity index (χ2n) is 4.99. The van der Waals surface area contributed by atoms with Gasteiger partial charge in [-0.1, -0.05) is 13.8 Å². The number of aromatic nitrogens is 1. The maximum Gasteiger partial charge on any atom is 0.0925 e. The first-order valence-electron chi connectivity index (χ1n) is 6.52. The molecule has 0 saturated carbocycles. The van der Waals surface area contributed by atoms with E-state index in [0.717, 1.165) is 18.8 Å². The van der Waals surface area contributed by atoms with E-state index in [2.05, 4.69) is 35.9 Å². The zero-order chi connectivity index (χ0) is 13.0. The Morgan fingerprint density at radius 3 is 2.67 bits per heavy atom. The van der Waals surface area contributed by atoms with Gasteiger partial charge in [0.05, 0.1) is 31.2 Å². The number of ether oxygens (including phenoxy) is 2. The number of nitrogens with zero attached hydrogens (tertiary/aromatic N) is 2. The minimum atomic E-state index is 0.338. The van der Waals surface area contributed by atoms with Crippen LogP contribution in [0.4, 0.5) is 5.69 Å². The van der Waals surface area contributed by atoms with E-state index >= 15 is 0 Å². The average Bonchev–Trinajstić information content (AvgIpc) is 2.32. The van der Waals surface area contributed by atoms with E-state index in [4.69, 9.17) is 9.47 Å². The lowest BCUT2D eigenvalue weighted by Crippen LogP contribution is -2.52. The summed E-state index contributed by atoms with van der Waals surface area (Å²) in [7, 11) is 1.69. The van der Waals surface area contributed by atoms with Crippen molar-refractivity contribution in [2.45, 2.75) is 25.9 Å². The van der Waals surface area contributed by atoms with Gasteiger partial charge in [0, 0.05) is 25.9 Å². The molecule has 0 bridgehead atoms. The van der Waals surface area contributed by atoms with Gasteiger partial charge in [-0.3, -0.25) is 4.98 Å². The smallest absolute Gasteiger partial charge is 0.0925 e. The van der Waals surface area contributed by atoms with Gasteiger partial charge in [0.1, 0.15) is 0 Å². The molecular formula is C14H22N2O2. The predicted octanol–water partition coefficient (Wildman–Crippen LogP) is 2.06. The lowest BCUT2D eigenvalue weighted by Gasteiger charge is -2.40. The molecule has 1 aliphatic heterocycles. The first-order valence-corrected chi connectivity index (χ1v) is 6.52. The number of anilines is 1. The zero-order valence-electron chi connectivity index (χ0n) is 11.4. The molecule has 0 amide bonds. The van der Waals surface area contributed by atoms with Crippen molar-refractivity contribution in [1.82, 2.24) is 4.98 Å². The molecule has 0 aromatic carbocycles. The summed E-state index contributed by atoms with van der Waals surface area (Å²) >= 11 is 0. The van der Waals surface area contributed by atoms with Crippen molar-refractivity contribution >= 4 is 5.69 Å². The Morgan fingerprint density at radius 2 is 2.11 bits per heavy atom. The highest BCUT2D eigenvalue weighted by Crippen LogP contribution is 2.23. The highest BCUT2D eigenvalue weighted by atomic mass is 16.5. The van der Waals surface area contributed by atoms with Gasteiger partial charge in [-0.25, -0.2) is 0 Å². The molecule has 0 aliphatic carbocycles. The molecule has 1 aromatic heterocycles. The minimum Gasteiger partial charge on any atom is -0.382 e. The number of hydrogen-bond donors (Lipinski definition) is 0. The van der Waals surface area contributed by atoms with Gasteiger partial charge in [-0.15, -0.1) is 0 Å². The average molecular weight is 250 g/mol. The van der Waals surface area contributed by atoms with Crippen LogP contribution in [0.3, 0.4) is 0 Å². The second kappa shape index (κ2) is 6.16. The largest absolute Gasteiger partial charge is 0.382 e. The Hall–Kier alpha value is -1.13. The molecule has 18 heavy (non-hydrogen) atoms. The normalized spacial score (nSPS) is 16.1. The van der Waals surface area contributed by atoms with Crippen molar-refractivity contribution in [3.8, 4) is 0 Å². The van der Waals surface area contributed by atoms with Crippen LogP contribution in [0.25, 0.3) is 0 Å². The predicted molar refractivity (Wildman–Crippen MR) is 72.2 cm³/mol. The number of hydrogen-bond acceptors (Lipinski definition) is 4. The molecule has 0 N–H and O–H groups in total. The van der Waals surface area contributed by atoms with Gasteiger partial charge in [0.15, 0.2) is 0 Å². The van der Waals surface area contributed by atoms with Crippen LogP contribution >= 0.6 is 0 Å². The standard InChI is InChI=1S/C14H22N2O2/c1-11(2)14-5-4-12(8-15-14)16-9-13(10-16)18-7-6-17-3/h4-5,8,11,13H,6-7,9-10H2,1-3H3. The third kappa shape index (κ3) is 3.21. The van der Waals surface area contributed by atoms with E-state index in [9.17, 15) is 0 Å². The molecule has 1 fully saturated rings. The highest BCUT2D eigenvalue weighted by Gasteiger charge is 2.27. The van der Waals surface area contributed by atoms with Crippen LogP contribution in [0.15, 0.2) is 18.3 Å². The van der Waals surface area contributed by atoms with Gasteiger partial charge in [-0.05, 0) is 18.1 Å². The van der Waals surface area contributed by atoms with E-state index in [1.165, 1.54) is 5.69 Å². The summed E-state index contributed by atoms with van der Waals surface area (Å²) in [6, 6.07) is 4.26. The maximum atomic E-state index is 5.64. The molecule has 1 aliphatic rings. The topological polar surface area (TPSA) is 34.6 Å². The molecule has 2 rings (SSSR count). The molecule has 2 heterocycles. The summed E-state index contributed by atoms with van der Waals surface area (Å²) in [5.41, 5.74) is 2.33. The van der Waals surface area contributed by atoms with Crippen molar-refractivity contribution in [1.29, 1.82) is 0 Å². The van der Waals surface area contributed by atoms with Crippen LogP contribution in [-0.4, -0.2) is 44.5 Å². The fourth-order valence-electron chi connectivity index (χ4n) is 1.98. The van der Waals surface area contributed by atoms with E-state index in [1.807, 2.05) is 6.20 Å². The van der Waals surface area contributed by atoms with Gasteiger partial charge < -0.3 is 14.4 Å². The highest BCUT2D eigenvalue weighted by molar-refractivity contribution is 5.47. The van der Waals surface area contributed by atoms with E-state index in [0.29, 0.717) is 25.2 Å². The van der Waals surface area contributed by atoms with Crippen LogP contribution in [0.2, 0.25) is 0 Å². The van der Waals surface area contributed by atoms with Crippen LogP contribution in [0.1, 0.15) is 25.5 Å². The molecular weight excluding hydrogens is 228 g/mol. The molecule has 100 valence electrons. The first-order chi connectivity index (χ1) is 8.70. The molecule has 0 radical (unpaired) electrons. The van der Waals surface area contributed by atoms with E-state index < -0.39 is 0 Å². The first kappa shape index (κ1) is 13.3. The summed E-state index contributed by atoms with van der Waals surface area (Å²) in [6.07, 6.45) is 2.30. The molecule has 4 heteroatoms. The summed E-state index contributed by atoms with van der Waals surface area (Å²) in [4.78, 5) is 6.77. The lowest BCUT2D eigenvalue weighted by molar-refractivity contribution is 0.00398. The van der Waals surface area contributed by atoms with Crippen LogP contribution in [0.5, 0.6) is 0 Å². The summed E-state index contributed by atoms with van der Waals surface area (Å²) in [5.74, 6) is 0.487. The molecule has 0 spiro atoms. The molecule has 0 unspecified atom stereocenters. The maximum absolute atomic E-state index is 5.64. The Labute approximate surface area is 109 Å². The van der Waals surface area contributed by atoms with Gasteiger partial charge in [0.2, 0.25) is 0 Å². The molecule has 1 saturated heterocycles.